The molecule has 1 aromatic heterocycles. The van der Waals surface area contributed by atoms with Crippen molar-refractivity contribution in [2.45, 2.75) is 76.7 Å². The van der Waals surface area contributed by atoms with Crippen molar-refractivity contribution < 1.29 is 4.52 Å². The molecule has 4 nitrogen and oxygen atoms in total. The molecule has 0 atom stereocenters. The van der Waals surface area contributed by atoms with Crippen molar-refractivity contribution in [2.75, 3.05) is 0 Å². The molecule has 2 aliphatic rings. The Hall–Kier alpha value is -0.900. The minimum absolute atomic E-state index is 0.348. The number of nitrogens with two attached hydrogens (primary N) is 1. The Morgan fingerprint density at radius 3 is 2.37 bits per heavy atom. The highest BCUT2D eigenvalue weighted by atomic mass is 16.5. The summed E-state index contributed by atoms with van der Waals surface area (Å²) in [7, 11) is 0. The zero-order valence-corrected chi connectivity index (χ0v) is 12.1. The van der Waals surface area contributed by atoms with Crippen LogP contribution in [0.5, 0.6) is 0 Å². The van der Waals surface area contributed by atoms with Gasteiger partial charge in [0.15, 0.2) is 5.82 Å². The van der Waals surface area contributed by atoms with E-state index in [0.717, 1.165) is 18.7 Å². The van der Waals surface area contributed by atoms with Crippen LogP contribution >= 0.6 is 0 Å². The third-order valence-electron chi connectivity index (χ3n) is 5.07. The summed E-state index contributed by atoms with van der Waals surface area (Å²) < 4.78 is 5.47. The van der Waals surface area contributed by atoms with Gasteiger partial charge in [-0.3, -0.25) is 0 Å². The Balaban J connectivity index is 1.72. The minimum atomic E-state index is -0.348. The van der Waals surface area contributed by atoms with Gasteiger partial charge in [-0.2, -0.15) is 4.98 Å². The Kier molecular flexibility index (Phi) is 3.16. The van der Waals surface area contributed by atoms with Crippen LogP contribution in [0.4, 0.5) is 0 Å². The highest BCUT2D eigenvalue weighted by Gasteiger charge is 2.38. The minimum Gasteiger partial charge on any atom is -0.337 e. The third kappa shape index (κ3) is 2.55. The highest BCUT2D eigenvalue weighted by molar-refractivity contribution is 5.07. The molecule has 3 rings (SSSR count). The average Bonchev–Trinajstić information content (AvgIpc) is 2.98. The van der Waals surface area contributed by atoms with Gasteiger partial charge < -0.3 is 10.3 Å². The van der Waals surface area contributed by atoms with E-state index >= 15 is 0 Å². The quantitative estimate of drug-likeness (QED) is 0.887. The molecule has 0 unspecified atom stereocenters. The predicted molar refractivity (Wildman–Crippen MR) is 73.6 cm³/mol. The van der Waals surface area contributed by atoms with Crippen LogP contribution in [0.3, 0.4) is 0 Å². The van der Waals surface area contributed by atoms with E-state index in [4.69, 9.17) is 10.3 Å². The van der Waals surface area contributed by atoms with E-state index in [0.29, 0.717) is 17.2 Å². The van der Waals surface area contributed by atoms with Gasteiger partial charge in [-0.25, -0.2) is 0 Å². The van der Waals surface area contributed by atoms with Crippen LogP contribution < -0.4 is 5.73 Å². The number of aromatic nitrogens is 2. The van der Waals surface area contributed by atoms with Crippen LogP contribution in [0.2, 0.25) is 0 Å². The molecule has 0 bridgehead atoms. The molecule has 106 valence electrons. The lowest BCUT2D eigenvalue weighted by Gasteiger charge is -2.32. The van der Waals surface area contributed by atoms with Crippen molar-refractivity contribution in [1.29, 1.82) is 0 Å². The van der Waals surface area contributed by atoms with Gasteiger partial charge in [-0.15, -0.1) is 0 Å². The molecular weight excluding hydrogens is 238 g/mol. The second-order valence-corrected chi connectivity index (χ2v) is 7.26. The molecule has 1 heterocycles. The van der Waals surface area contributed by atoms with E-state index in [1.807, 2.05) is 0 Å². The molecule has 0 aliphatic heterocycles. The normalized spacial score (nSPS) is 26.7. The predicted octanol–water partition coefficient (Wildman–Crippen LogP) is 3.48. The lowest BCUT2D eigenvalue weighted by molar-refractivity contribution is 0.218. The van der Waals surface area contributed by atoms with Crippen LogP contribution in [-0.4, -0.2) is 10.1 Å². The Morgan fingerprint density at radius 2 is 1.74 bits per heavy atom. The summed E-state index contributed by atoms with van der Waals surface area (Å²) in [5.41, 5.74) is 6.50. The summed E-state index contributed by atoms with van der Waals surface area (Å²) in [5.74, 6) is 2.03. The molecule has 0 aromatic carbocycles. The van der Waals surface area contributed by atoms with E-state index in [2.05, 4.69) is 24.0 Å². The van der Waals surface area contributed by atoms with Crippen molar-refractivity contribution in [3.63, 3.8) is 0 Å². The Bertz CT molecular complexity index is 436. The van der Waals surface area contributed by atoms with E-state index < -0.39 is 0 Å². The summed E-state index contributed by atoms with van der Waals surface area (Å²) in [6, 6.07) is 0. The first-order valence-corrected chi connectivity index (χ1v) is 7.62. The molecule has 0 saturated heterocycles. The molecule has 0 amide bonds. The molecule has 2 fully saturated rings. The van der Waals surface area contributed by atoms with Crippen LogP contribution in [0.25, 0.3) is 0 Å². The molecular formula is C15H25N3O. The molecule has 0 radical (unpaired) electrons. The van der Waals surface area contributed by atoms with Crippen molar-refractivity contribution in [3.05, 3.63) is 11.7 Å². The molecule has 2 aliphatic carbocycles. The summed E-state index contributed by atoms with van der Waals surface area (Å²) in [5, 5.41) is 4.21. The van der Waals surface area contributed by atoms with Gasteiger partial charge in [0.05, 0.1) is 5.54 Å². The fourth-order valence-corrected chi connectivity index (χ4v) is 3.48. The summed E-state index contributed by atoms with van der Waals surface area (Å²) in [6.45, 7) is 4.69. The summed E-state index contributed by atoms with van der Waals surface area (Å²) in [4.78, 5) is 4.63. The molecule has 0 spiro atoms. The number of hydrogen-bond acceptors (Lipinski definition) is 4. The maximum atomic E-state index is 6.37. The van der Waals surface area contributed by atoms with E-state index in [9.17, 15) is 0 Å². The third-order valence-corrected chi connectivity index (χ3v) is 5.07. The first-order chi connectivity index (χ1) is 8.99. The monoisotopic (exact) mass is 263 g/mol. The van der Waals surface area contributed by atoms with Crippen molar-refractivity contribution in [3.8, 4) is 0 Å². The number of nitrogens with zero attached hydrogens (tertiary/aromatic N) is 2. The standard InChI is InChI=1S/C15H25N3O/c1-14(2)9-5-11(6-10-14)12-17-13(19-18-12)15(16)7-3-4-8-15/h11H,3-10,16H2,1-2H3. The van der Waals surface area contributed by atoms with Gasteiger partial charge in [0.2, 0.25) is 5.89 Å². The summed E-state index contributed by atoms with van der Waals surface area (Å²) in [6.07, 6.45) is 9.13. The van der Waals surface area contributed by atoms with Crippen LogP contribution in [0, 0.1) is 5.41 Å². The average molecular weight is 263 g/mol. The van der Waals surface area contributed by atoms with Crippen molar-refractivity contribution >= 4 is 0 Å². The van der Waals surface area contributed by atoms with Gasteiger partial charge in [0, 0.05) is 5.92 Å². The molecule has 2 saturated carbocycles. The van der Waals surface area contributed by atoms with Crippen LogP contribution in [0.15, 0.2) is 4.52 Å². The first kappa shape index (κ1) is 13.1. The number of hydrogen-bond donors (Lipinski definition) is 1. The van der Waals surface area contributed by atoms with Crippen molar-refractivity contribution in [1.82, 2.24) is 10.1 Å². The van der Waals surface area contributed by atoms with E-state index in [1.165, 1.54) is 38.5 Å². The second kappa shape index (κ2) is 4.58. The lowest BCUT2D eigenvalue weighted by atomic mass is 9.73. The van der Waals surface area contributed by atoms with Crippen LogP contribution in [-0.2, 0) is 5.54 Å². The maximum absolute atomic E-state index is 6.37. The molecule has 2 N–H and O–H groups in total. The number of rotatable bonds is 2. The first-order valence-electron chi connectivity index (χ1n) is 7.62. The van der Waals surface area contributed by atoms with E-state index in [-0.39, 0.29) is 5.54 Å². The fourth-order valence-electron chi connectivity index (χ4n) is 3.48. The highest BCUT2D eigenvalue weighted by Crippen LogP contribution is 2.42. The van der Waals surface area contributed by atoms with Gasteiger partial charge >= 0.3 is 0 Å². The topological polar surface area (TPSA) is 64.9 Å². The molecule has 4 heteroatoms. The van der Waals surface area contributed by atoms with Gasteiger partial charge in [-0.05, 0) is 43.9 Å². The van der Waals surface area contributed by atoms with E-state index in [1.54, 1.807) is 0 Å². The fraction of sp³-hybridized carbons (Fsp3) is 0.867. The van der Waals surface area contributed by atoms with Gasteiger partial charge in [0.25, 0.3) is 0 Å². The Labute approximate surface area is 115 Å². The maximum Gasteiger partial charge on any atom is 0.246 e. The van der Waals surface area contributed by atoms with Gasteiger partial charge in [0.1, 0.15) is 0 Å². The molecule has 19 heavy (non-hydrogen) atoms. The zero-order valence-electron chi connectivity index (χ0n) is 12.1. The second-order valence-electron chi connectivity index (χ2n) is 7.26. The van der Waals surface area contributed by atoms with Crippen molar-refractivity contribution in [2.24, 2.45) is 11.1 Å². The zero-order chi connectivity index (χ0) is 13.5. The molecule has 1 aromatic rings. The summed E-state index contributed by atoms with van der Waals surface area (Å²) >= 11 is 0. The smallest absolute Gasteiger partial charge is 0.246 e. The Morgan fingerprint density at radius 1 is 1.11 bits per heavy atom. The largest absolute Gasteiger partial charge is 0.337 e. The SMILES string of the molecule is CC1(C)CCC(c2noc(C3(N)CCCC3)n2)CC1. The lowest BCUT2D eigenvalue weighted by Crippen LogP contribution is -2.33. The van der Waals surface area contributed by atoms with Gasteiger partial charge in [-0.1, -0.05) is 31.8 Å². The van der Waals surface area contributed by atoms with Crippen LogP contribution in [0.1, 0.15) is 82.8 Å².